The van der Waals surface area contributed by atoms with Crippen LogP contribution in [0.3, 0.4) is 0 Å². The normalized spacial score (nSPS) is 17.4. The highest BCUT2D eigenvalue weighted by Gasteiger charge is 2.42. The van der Waals surface area contributed by atoms with E-state index in [9.17, 15) is 18.0 Å². The zero-order valence-corrected chi connectivity index (χ0v) is 14.7. The van der Waals surface area contributed by atoms with E-state index in [1.54, 1.807) is 18.4 Å². The molecule has 1 aliphatic heterocycles. The molecule has 5 nitrogen and oxygen atoms in total. The molecule has 1 aliphatic rings. The number of amides is 2. The van der Waals surface area contributed by atoms with Crippen LogP contribution in [0.15, 0.2) is 53.1 Å². The number of hydrogen-bond acceptors (Lipinski definition) is 3. The summed E-state index contributed by atoms with van der Waals surface area (Å²) in [5, 5.41) is 4.61. The SMILES string of the molecule is O=C(NC[C@H](c1ccco1)N1CCCC1)N[C@@H](c1ccccc1)C(F)(F)F. The second kappa shape index (κ2) is 8.47. The van der Waals surface area contributed by atoms with Gasteiger partial charge < -0.3 is 15.1 Å². The fourth-order valence-electron chi connectivity index (χ4n) is 3.31. The summed E-state index contributed by atoms with van der Waals surface area (Å²) in [5.41, 5.74) is -0.0118. The first-order valence-corrected chi connectivity index (χ1v) is 8.88. The molecule has 2 N–H and O–H groups in total. The number of likely N-dealkylation sites (tertiary alicyclic amines) is 1. The number of rotatable bonds is 6. The van der Waals surface area contributed by atoms with Gasteiger partial charge in [0.15, 0.2) is 6.04 Å². The van der Waals surface area contributed by atoms with E-state index < -0.39 is 18.2 Å². The van der Waals surface area contributed by atoms with E-state index in [0.717, 1.165) is 25.9 Å². The average molecular weight is 381 g/mol. The van der Waals surface area contributed by atoms with E-state index in [2.05, 4.69) is 10.2 Å². The molecule has 0 spiro atoms. The van der Waals surface area contributed by atoms with E-state index in [1.165, 1.54) is 24.3 Å². The van der Waals surface area contributed by atoms with Crippen molar-refractivity contribution in [1.82, 2.24) is 15.5 Å². The van der Waals surface area contributed by atoms with Crippen LogP contribution in [-0.2, 0) is 0 Å². The predicted octanol–water partition coefficient (Wildman–Crippen LogP) is 4.02. The van der Waals surface area contributed by atoms with Crippen molar-refractivity contribution in [3.8, 4) is 0 Å². The van der Waals surface area contributed by atoms with Crippen LogP contribution < -0.4 is 10.6 Å². The van der Waals surface area contributed by atoms with Crippen molar-refractivity contribution in [1.29, 1.82) is 0 Å². The minimum absolute atomic E-state index is 0.0118. The molecule has 1 saturated heterocycles. The largest absolute Gasteiger partial charge is 0.468 e. The maximum Gasteiger partial charge on any atom is 0.412 e. The molecule has 2 amide bonds. The molecule has 27 heavy (non-hydrogen) atoms. The lowest BCUT2D eigenvalue weighted by Gasteiger charge is -2.27. The smallest absolute Gasteiger partial charge is 0.412 e. The number of nitrogens with zero attached hydrogens (tertiary/aromatic N) is 1. The zero-order chi connectivity index (χ0) is 19.3. The summed E-state index contributed by atoms with van der Waals surface area (Å²) in [6.45, 7) is 1.90. The highest BCUT2D eigenvalue weighted by atomic mass is 19.4. The van der Waals surface area contributed by atoms with Crippen molar-refractivity contribution >= 4 is 6.03 Å². The molecule has 2 atom stereocenters. The Balaban J connectivity index is 1.64. The van der Waals surface area contributed by atoms with E-state index >= 15 is 0 Å². The maximum atomic E-state index is 13.4. The summed E-state index contributed by atoms with van der Waals surface area (Å²) >= 11 is 0. The first-order chi connectivity index (χ1) is 12.9. The molecule has 2 heterocycles. The number of nitrogens with one attached hydrogen (secondary N) is 2. The summed E-state index contributed by atoms with van der Waals surface area (Å²) < 4.78 is 45.6. The number of alkyl halides is 3. The molecule has 3 rings (SSSR count). The third-order valence-corrected chi connectivity index (χ3v) is 4.64. The number of carbonyl (C=O) groups excluding carboxylic acids is 1. The lowest BCUT2D eigenvalue weighted by atomic mass is 10.1. The first-order valence-electron chi connectivity index (χ1n) is 8.88. The molecule has 1 aromatic heterocycles. The third-order valence-electron chi connectivity index (χ3n) is 4.64. The van der Waals surface area contributed by atoms with Crippen molar-refractivity contribution in [3.05, 3.63) is 60.1 Å². The molecule has 0 radical (unpaired) electrons. The van der Waals surface area contributed by atoms with Crippen molar-refractivity contribution in [2.24, 2.45) is 0 Å². The summed E-state index contributed by atoms with van der Waals surface area (Å²) in [6, 6.07) is 7.77. The van der Waals surface area contributed by atoms with Gasteiger partial charge in [-0.15, -0.1) is 0 Å². The predicted molar refractivity (Wildman–Crippen MR) is 94.0 cm³/mol. The van der Waals surface area contributed by atoms with Crippen molar-refractivity contribution in [3.63, 3.8) is 0 Å². The van der Waals surface area contributed by atoms with Gasteiger partial charge in [-0.1, -0.05) is 30.3 Å². The third kappa shape index (κ3) is 5.03. The molecular formula is C19H22F3N3O2. The number of halogens is 3. The Morgan fingerprint density at radius 3 is 2.41 bits per heavy atom. The van der Waals surface area contributed by atoms with Crippen molar-refractivity contribution in [2.45, 2.75) is 31.1 Å². The molecule has 0 saturated carbocycles. The van der Waals surface area contributed by atoms with E-state index in [1.807, 2.05) is 11.4 Å². The Morgan fingerprint density at radius 1 is 1.11 bits per heavy atom. The fourth-order valence-corrected chi connectivity index (χ4v) is 3.31. The zero-order valence-electron chi connectivity index (χ0n) is 14.7. The summed E-state index contributed by atoms with van der Waals surface area (Å²) in [7, 11) is 0. The van der Waals surface area contributed by atoms with Crippen LogP contribution in [0.5, 0.6) is 0 Å². The van der Waals surface area contributed by atoms with Crippen molar-refractivity contribution < 1.29 is 22.4 Å². The molecule has 0 bridgehead atoms. The van der Waals surface area contributed by atoms with Crippen LogP contribution in [0.25, 0.3) is 0 Å². The molecule has 0 aliphatic carbocycles. The van der Waals surface area contributed by atoms with Gasteiger partial charge in [-0.3, -0.25) is 4.90 Å². The minimum atomic E-state index is -4.59. The van der Waals surface area contributed by atoms with Gasteiger partial charge in [0, 0.05) is 6.54 Å². The van der Waals surface area contributed by atoms with Crippen LogP contribution in [0, 0.1) is 0 Å². The first kappa shape index (κ1) is 19.3. The Hall–Kier alpha value is -2.48. The molecule has 1 fully saturated rings. The van der Waals surface area contributed by atoms with Gasteiger partial charge in [-0.25, -0.2) is 4.79 Å². The lowest BCUT2D eigenvalue weighted by molar-refractivity contribution is -0.154. The number of carbonyl (C=O) groups is 1. The molecular weight excluding hydrogens is 359 g/mol. The van der Waals surface area contributed by atoms with Crippen molar-refractivity contribution in [2.75, 3.05) is 19.6 Å². The second-order valence-corrected chi connectivity index (χ2v) is 6.51. The van der Waals surface area contributed by atoms with E-state index in [0.29, 0.717) is 5.76 Å². The summed E-state index contributed by atoms with van der Waals surface area (Å²) in [4.78, 5) is 14.4. The van der Waals surface area contributed by atoms with Gasteiger partial charge in [0.1, 0.15) is 5.76 Å². The fraction of sp³-hybridized carbons (Fsp3) is 0.421. The topological polar surface area (TPSA) is 57.5 Å². The maximum absolute atomic E-state index is 13.4. The Morgan fingerprint density at radius 2 is 1.81 bits per heavy atom. The van der Waals surface area contributed by atoms with Crippen LogP contribution in [0.2, 0.25) is 0 Å². The van der Waals surface area contributed by atoms with Gasteiger partial charge in [0.05, 0.1) is 12.3 Å². The number of benzene rings is 1. The van der Waals surface area contributed by atoms with Crippen LogP contribution in [0.4, 0.5) is 18.0 Å². The van der Waals surface area contributed by atoms with Crippen LogP contribution in [-0.4, -0.2) is 36.7 Å². The summed E-state index contributed by atoms with van der Waals surface area (Å²) in [5.74, 6) is 0.688. The van der Waals surface area contributed by atoms with Crippen LogP contribution in [0.1, 0.15) is 36.2 Å². The minimum Gasteiger partial charge on any atom is -0.468 e. The Bertz CT molecular complexity index is 714. The standard InChI is InChI=1S/C19H22F3N3O2/c20-19(21,22)17(14-7-2-1-3-8-14)24-18(26)23-13-15(16-9-6-12-27-16)25-10-4-5-11-25/h1-3,6-9,12,15,17H,4-5,10-11,13H2,(H2,23,24,26)/t15-,17+/m1/s1. The average Bonchev–Trinajstić information content (AvgIpc) is 3.34. The van der Waals surface area contributed by atoms with Gasteiger partial charge in [0.25, 0.3) is 0 Å². The van der Waals surface area contributed by atoms with Gasteiger partial charge in [-0.2, -0.15) is 13.2 Å². The van der Waals surface area contributed by atoms with Gasteiger partial charge >= 0.3 is 12.2 Å². The number of hydrogen-bond donors (Lipinski definition) is 2. The molecule has 0 unspecified atom stereocenters. The molecule has 2 aromatic rings. The van der Waals surface area contributed by atoms with Gasteiger partial charge in [-0.05, 0) is 43.6 Å². The molecule has 8 heteroatoms. The van der Waals surface area contributed by atoms with E-state index in [4.69, 9.17) is 4.42 Å². The number of urea groups is 1. The summed E-state index contributed by atoms with van der Waals surface area (Å²) in [6.07, 6.45) is -0.942. The van der Waals surface area contributed by atoms with E-state index in [-0.39, 0.29) is 18.2 Å². The number of furan rings is 1. The lowest BCUT2D eigenvalue weighted by Crippen LogP contribution is -2.46. The quantitative estimate of drug-likeness (QED) is 0.795. The second-order valence-electron chi connectivity index (χ2n) is 6.51. The highest BCUT2D eigenvalue weighted by Crippen LogP contribution is 2.32. The monoisotopic (exact) mass is 381 g/mol. The molecule has 1 aromatic carbocycles. The van der Waals surface area contributed by atoms with Crippen LogP contribution >= 0.6 is 0 Å². The highest BCUT2D eigenvalue weighted by molar-refractivity contribution is 5.74. The van der Waals surface area contributed by atoms with Gasteiger partial charge in [0.2, 0.25) is 0 Å². The Labute approximate surface area is 155 Å². The Kier molecular flexibility index (Phi) is 6.05. The molecule has 146 valence electrons.